The van der Waals surface area contributed by atoms with Gasteiger partial charge >= 0.3 is 0 Å². The van der Waals surface area contributed by atoms with Crippen LogP contribution in [0.3, 0.4) is 0 Å². The van der Waals surface area contributed by atoms with E-state index in [9.17, 15) is 4.79 Å². The first kappa shape index (κ1) is 12.4. The number of hydrogen-bond donors (Lipinski definition) is 1. The summed E-state index contributed by atoms with van der Waals surface area (Å²) in [4.78, 5) is 10.8. The van der Waals surface area contributed by atoms with Crippen LogP contribution in [0.2, 0.25) is 0 Å². The van der Waals surface area contributed by atoms with Crippen molar-refractivity contribution in [3.05, 3.63) is 5.82 Å². The zero-order chi connectivity index (χ0) is 12.3. The Kier molecular flexibility index (Phi) is 4.04. The van der Waals surface area contributed by atoms with E-state index in [-0.39, 0.29) is 11.7 Å². The third kappa shape index (κ3) is 3.00. The topological polar surface area (TPSA) is 73.8 Å². The van der Waals surface area contributed by atoms with E-state index in [1.165, 1.54) is 43.9 Å². The van der Waals surface area contributed by atoms with E-state index in [4.69, 9.17) is 5.73 Å². The first-order valence-electron chi connectivity index (χ1n) is 6.01. The van der Waals surface area contributed by atoms with Crippen LogP contribution in [0.15, 0.2) is 5.16 Å². The summed E-state index contributed by atoms with van der Waals surface area (Å²) in [6.45, 7) is 1.97. The van der Waals surface area contributed by atoms with Crippen LogP contribution >= 0.6 is 11.8 Å². The fraction of sp³-hybridized carbons (Fsp3) is 0.727. The van der Waals surface area contributed by atoms with Crippen molar-refractivity contribution >= 4 is 17.7 Å². The van der Waals surface area contributed by atoms with Crippen LogP contribution in [-0.4, -0.2) is 26.4 Å². The number of carbonyl (C=O) groups excluding carboxylic acids is 1. The quantitative estimate of drug-likeness (QED) is 0.829. The molecule has 94 valence electrons. The minimum atomic E-state index is -0.314. The fourth-order valence-electron chi connectivity index (χ4n) is 2.34. The van der Waals surface area contributed by atoms with Crippen molar-refractivity contribution < 1.29 is 4.79 Å². The molecular weight excluding hydrogens is 236 g/mol. The highest BCUT2D eigenvalue weighted by molar-refractivity contribution is 7.99. The fourth-order valence-corrected chi connectivity index (χ4v) is 3.13. The number of amides is 1. The predicted octanol–water partition coefficient (Wildman–Crippen LogP) is 1.67. The average molecular weight is 254 g/mol. The third-order valence-electron chi connectivity index (χ3n) is 3.12. The molecule has 5 nitrogen and oxygen atoms in total. The maximum Gasteiger partial charge on any atom is 0.227 e. The van der Waals surface area contributed by atoms with E-state index in [0.717, 1.165) is 11.0 Å². The molecule has 0 radical (unpaired) electrons. The summed E-state index contributed by atoms with van der Waals surface area (Å²) in [5.41, 5.74) is 5.16. The molecule has 1 fully saturated rings. The largest absolute Gasteiger partial charge is 0.369 e. The second-order valence-electron chi connectivity index (χ2n) is 4.45. The Morgan fingerprint density at radius 1 is 1.41 bits per heavy atom. The van der Waals surface area contributed by atoms with Crippen LogP contribution in [0.25, 0.3) is 0 Å². The molecule has 0 saturated heterocycles. The minimum Gasteiger partial charge on any atom is -0.369 e. The SMILES string of the molecule is Cc1nnc(SCC(N)=O)n1C1CCCCC1. The number of hydrogen-bond acceptors (Lipinski definition) is 4. The van der Waals surface area contributed by atoms with E-state index in [2.05, 4.69) is 14.8 Å². The number of nitrogens with two attached hydrogens (primary N) is 1. The van der Waals surface area contributed by atoms with Gasteiger partial charge in [0.15, 0.2) is 5.16 Å². The Morgan fingerprint density at radius 2 is 2.12 bits per heavy atom. The van der Waals surface area contributed by atoms with Gasteiger partial charge in [0.05, 0.1) is 5.75 Å². The molecule has 1 aliphatic carbocycles. The normalized spacial score (nSPS) is 17.2. The van der Waals surface area contributed by atoms with Gasteiger partial charge in [-0.1, -0.05) is 31.0 Å². The van der Waals surface area contributed by atoms with Gasteiger partial charge in [0, 0.05) is 6.04 Å². The molecule has 0 aromatic carbocycles. The lowest BCUT2D eigenvalue weighted by atomic mass is 9.95. The van der Waals surface area contributed by atoms with Crippen LogP contribution in [0.5, 0.6) is 0 Å². The predicted molar refractivity (Wildman–Crippen MR) is 66.8 cm³/mol. The molecule has 0 atom stereocenters. The number of primary amides is 1. The van der Waals surface area contributed by atoms with Crippen molar-refractivity contribution in [2.45, 2.75) is 50.2 Å². The molecule has 1 heterocycles. The molecule has 0 bridgehead atoms. The molecule has 1 aromatic rings. The van der Waals surface area contributed by atoms with Gasteiger partial charge in [-0.15, -0.1) is 10.2 Å². The Morgan fingerprint density at radius 3 is 2.76 bits per heavy atom. The number of thioether (sulfide) groups is 1. The maximum atomic E-state index is 10.8. The zero-order valence-corrected chi connectivity index (χ0v) is 10.9. The summed E-state index contributed by atoms with van der Waals surface area (Å²) in [7, 11) is 0. The molecule has 17 heavy (non-hydrogen) atoms. The van der Waals surface area contributed by atoms with Crippen LogP contribution in [0.4, 0.5) is 0 Å². The van der Waals surface area contributed by atoms with Crippen molar-refractivity contribution in [1.29, 1.82) is 0 Å². The lowest BCUT2D eigenvalue weighted by Gasteiger charge is -2.24. The van der Waals surface area contributed by atoms with E-state index in [1.54, 1.807) is 0 Å². The highest BCUT2D eigenvalue weighted by Crippen LogP contribution is 2.32. The van der Waals surface area contributed by atoms with E-state index in [0.29, 0.717) is 6.04 Å². The second kappa shape index (κ2) is 5.53. The molecule has 1 aromatic heterocycles. The van der Waals surface area contributed by atoms with Crippen molar-refractivity contribution in [2.24, 2.45) is 5.73 Å². The van der Waals surface area contributed by atoms with Gasteiger partial charge in [-0.05, 0) is 19.8 Å². The van der Waals surface area contributed by atoms with Gasteiger partial charge in [0.2, 0.25) is 5.91 Å². The average Bonchev–Trinajstić information content (AvgIpc) is 2.69. The monoisotopic (exact) mass is 254 g/mol. The maximum absolute atomic E-state index is 10.8. The van der Waals surface area contributed by atoms with E-state index in [1.807, 2.05) is 6.92 Å². The number of aromatic nitrogens is 3. The van der Waals surface area contributed by atoms with Gasteiger partial charge in [-0.25, -0.2) is 0 Å². The smallest absolute Gasteiger partial charge is 0.227 e. The standard InChI is InChI=1S/C11H18N4OS/c1-8-13-14-11(17-7-10(12)16)15(8)9-5-3-2-4-6-9/h9H,2-7H2,1H3,(H2,12,16). The van der Waals surface area contributed by atoms with Crippen LogP contribution < -0.4 is 5.73 Å². The van der Waals surface area contributed by atoms with Gasteiger partial charge in [0.25, 0.3) is 0 Å². The zero-order valence-electron chi connectivity index (χ0n) is 10.1. The van der Waals surface area contributed by atoms with Gasteiger partial charge in [0.1, 0.15) is 5.82 Å². The Balaban J connectivity index is 2.13. The third-order valence-corrected chi connectivity index (χ3v) is 4.08. The molecule has 2 rings (SSSR count). The first-order valence-corrected chi connectivity index (χ1v) is 6.99. The molecular formula is C11H18N4OS. The molecule has 0 aliphatic heterocycles. The molecule has 1 saturated carbocycles. The lowest BCUT2D eigenvalue weighted by Crippen LogP contribution is -2.17. The highest BCUT2D eigenvalue weighted by atomic mass is 32.2. The minimum absolute atomic E-state index is 0.269. The van der Waals surface area contributed by atoms with Gasteiger partial charge < -0.3 is 10.3 Å². The van der Waals surface area contributed by atoms with Crippen molar-refractivity contribution in [2.75, 3.05) is 5.75 Å². The van der Waals surface area contributed by atoms with Crippen molar-refractivity contribution in [3.8, 4) is 0 Å². The lowest BCUT2D eigenvalue weighted by molar-refractivity contribution is -0.115. The van der Waals surface area contributed by atoms with Crippen molar-refractivity contribution in [1.82, 2.24) is 14.8 Å². The number of rotatable bonds is 4. The van der Waals surface area contributed by atoms with Gasteiger partial charge in [-0.3, -0.25) is 4.79 Å². The Hall–Kier alpha value is -1.04. The van der Waals surface area contributed by atoms with Crippen LogP contribution in [0.1, 0.15) is 44.0 Å². The first-order chi connectivity index (χ1) is 8.18. The molecule has 0 spiro atoms. The van der Waals surface area contributed by atoms with Gasteiger partial charge in [-0.2, -0.15) is 0 Å². The van der Waals surface area contributed by atoms with Crippen LogP contribution in [-0.2, 0) is 4.79 Å². The highest BCUT2D eigenvalue weighted by Gasteiger charge is 2.21. The molecule has 1 aliphatic rings. The summed E-state index contributed by atoms with van der Waals surface area (Å²) in [5.74, 6) is 0.889. The summed E-state index contributed by atoms with van der Waals surface area (Å²) in [6.07, 6.45) is 6.22. The van der Waals surface area contributed by atoms with Crippen LogP contribution in [0, 0.1) is 6.92 Å². The molecule has 2 N–H and O–H groups in total. The number of aryl methyl sites for hydroxylation is 1. The Labute approximate surface area is 105 Å². The summed E-state index contributed by atoms with van der Waals surface area (Å²) < 4.78 is 2.17. The Bertz CT molecular complexity index is 398. The summed E-state index contributed by atoms with van der Waals surface area (Å²) in [5, 5.41) is 9.07. The van der Waals surface area contributed by atoms with E-state index < -0.39 is 0 Å². The second-order valence-corrected chi connectivity index (χ2v) is 5.39. The molecule has 1 amide bonds. The number of carbonyl (C=O) groups is 1. The van der Waals surface area contributed by atoms with Crippen molar-refractivity contribution in [3.63, 3.8) is 0 Å². The summed E-state index contributed by atoms with van der Waals surface area (Å²) >= 11 is 1.38. The summed E-state index contributed by atoms with van der Waals surface area (Å²) in [6, 6.07) is 0.495. The number of nitrogens with zero attached hydrogens (tertiary/aromatic N) is 3. The molecule has 0 unspecified atom stereocenters. The van der Waals surface area contributed by atoms with E-state index >= 15 is 0 Å². The molecule has 6 heteroatoms.